The second-order valence-electron chi connectivity index (χ2n) is 7.45. The minimum absolute atomic E-state index is 0.0245. The number of anilines is 2. The van der Waals surface area contributed by atoms with Gasteiger partial charge in [0, 0.05) is 52.7 Å². The quantitative estimate of drug-likeness (QED) is 0.491. The molecule has 2 aromatic carbocycles. The first-order valence-corrected chi connectivity index (χ1v) is 10.9. The van der Waals surface area contributed by atoms with Crippen molar-refractivity contribution in [2.45, 2.75) is 32.4 Å². The summed E-state index contributed by atoms with van der Waals surface area (Å²) in [6.45, 7) is 5.66. The maximum absolute atomic E-state index is 10.3. The summed E-state index contributed by atoms with van der Waals surface area (Å²) in [6.07, 6.45) is 4.71. The van der Waals surface area contributed by atoms with Gasteiger partial charge in [0.15, 0.2) is 0 Å². The van der Waals surface area contributed by atoms with Crippen LogP contribution in [0.1, 0.15) is 25.3 Å². The Hall–Kier alpha value is -2.67. The van der Waals surface area contributed by atoms with Crippen LogP contribution in [-0.4, -0.2) is 47.1 Å². The van der Waals surface area contributed by atoms with Crippen LogP contribution in [0, 0.1) is 0 Å². The zero-order valence-electron chi connectivity index (χ0n) is 17.7. The molecule has 1 aromatic heterocycles. The van der Waals surface area contributed by atoms with E-state index < -0.39 is 0 Å². The van der Waals surface area contributed by atoms with Crippen LogP contribution in [0.2, 0.25) is 5.02 Å². The predicted octanol–water partition coefficient (Wildman–Crippen LogP) is 4.53. The number of aliphatic hydroxyl groups is 1. The van der Waals surface area contributed by atoms with Gasteiger partial charge >= 0.3 is 0 Å². The number of piperidine rings is 1. The van der Waals surface area contributed by atoms with Gasteiger partial charge in [0.1, 0.15) is 0 Å². The Kier molecular flexibility index (Phi) is 8.64. The fraction of sp³-hybridized carbons (Fsp3) is 0.333. The van der Waals surface area contributed by atoms with Crippen molar-refractivity contribution >= 4 is 40.3 Å². The average Bonchev–Trinajstić information content (AvgIpc) is 2.81. The molecule has 0 radical (unpaired) electrons. The fourth-order valence-corrected chi connectivity index (χ4v) is 3.93. The molecule has 1 aliphatic rings. The number of pyridine rings is 1. The van der Waals surface area contributed by atoms with E-state index >= 15 is 0 Å². The number of aromatic nitrogens is 1. The Morgan fingerprint density at radius 3 is 2.68 bits per heavy atom. The zero-order chi connectivity index (χ0) is 22.1. The molecule has 3 aromatic rings. The Balaban J connectivity index is 0.000000185. The van der Waals surface area contributed by atoms with Crippen molar-refractivity contribution in [2.75, 3.05) is 30.3 Å². The van der Waals surface area contributed by atoms with Crippen LogP contribution in [0.25, 0.3) is 10.9 Å². The normalized spacial score (nSPS) is 14.5. The zero-order valence-corrected chi connectivity index (χ0v) is 18.5. The third-order valence-corrected chi connectivity index (χ3v) is 5.73. The number of benzene rings is 2. The van der Waals surface area contributed by atoms with Crippen molar-refractivity contribution in [2.24, 2.45) is 0 Å². The first-order chi connectivity index (χ1) is 15.1. The molecule has 0 unspecified atom stereocenters. The molecule has 0 spiro atoms. The number of fused-ring (bicyclic) bond motifs is 1. The molecule has 1 saturated heterocycles. The Morgan fingerprint density at radius 2 is 1.97 bits per heavy atom. The summed E-state index contributed by atoms with van der Waals surface area (Å²) in [6, 6.07) is 15.5. The van der Waals surface area contributed by atoms with Crippen molar-refractivity contribution in [3.8, 4) is 0 Å². The molecular weight excluding hydrogens is 412 g/mol. The lowest BCUT2D eigenvalue weighted by Gasteiger charge is -2.32. The number of nitrogens with zero attached hydrogens (tertiary/aromatic N) is 2. The number of nitrogens with one attached hydrogen (secondary N) is 2. The van der Waals surface area contributed by atoms with E-state index in [1.165, 1.54) is 0 Å². The van der Waals surface area contributed by atoms with Crippen LogP contribution in [-0.2, 0) is 11.4 Å². The Bertz CT molecular complexity index is 985. The van der Waals surface area contributed by atoms with Gasteiger partial charge in [-0.1, -0.05) is 24.6 Å². The maximum Gasteiger partial charge on any atom is 0.211 e. The van der Waals surface area contributed by atoms with Gasteiger partial charge in [-0.05, 0) is 61.9 Å². The highest BCUT2D eigenvalue weighted by Crippen LogP contribution is 2.24. The van der Waals surface area contributed by atoms with Gasteiger partial charge in [-0.25, -0.2) is 0 Å². The molecule has 0 atom stereocenters. The number of likely N-dealkylation sites (tertiary alicyclic amines) is 1. The fourth-order valence-electron chi connectivity index (χ4n) is 3.74. The van der Waals surface area contributed by atoms with Crippen LogP contribution < -0.4 is 10.6 Å². The van der Waals surface area contributed by atoms with E-state index in [9.17, 15) is 9.90 Å². The van der Waals surface area contributed by atoms with E-state index in [-0.39, 0.29) is 6.61 Å². The SMILES string of the molecule is CCN1CCC(Nc2ccc(Cl)cc2CO)CC1.O=CNc1cccc2ncccc12. The standard InChI is InChI=1S/C14H21ClN2O.C10H8N2O/c1-2-17-7-5-13(6-8-17)16-14-4-3-12(15)9-11(14)10-18;13-7-12-10-5-1-4-9-8(10)3-2-6-11-9/h3-4,9,13,16,18H,2,5-8,10H2,1H3;1-7H,(H,12,13). The maximum atomic E-state index is 10.3. The highest BCUT2D eigenvalue weighted by molar-refractivity contribution is 6.30. The smallest absolute Gasteiger partial charge is 0.211 e. The molecule has 0 aliphatic carbocycles. The third-order valence-electron chi connectivity index (χ3n) is 5.49. The van der Waals surface area contributed by atoms with Gasteiger partial charge in [0.25, 0.3) is 0 Å². The molecule has 3 N–H and O–H groups in total. The van der Waals surface area contributed by atoms with Gasteiger partial charge < -0.3 is 20.6 Å². The number of carbonyl (C=O) groups excluding carboxylic acids is 1. The molecule has 164 valence electrons. The average molecular weight is 441 g/mol. The van der Waals surface area contributed by atoms with Crippen molar-refractivity contribution in [3.05, 3.63) is 65.3 Å². The van der Waals surface area contributed by atoms with E-state index in [2.05, 4.69) is 27.4 Å². The van der Waals surface area contributed by atoms with Crippen LogP contribution in [0.3, 0.4) is 0 Å². The number of aliphatic hydroxyl groups excluding tert-OH is 1. The number of halogens is 1. The molecule has 7 heteroatoms. The minimum atomic E-state index is 0.0245. The number of hydrogen-bond donors (Lipinski definition) is 3. The lowest BCUT2D eigenvalue weighted by molar-refractivity contribution is -0.105. The summed E-state index contributed by atoms with van der Waals surface area (Å²) in [5.41, 5.74) is 3.56. The van der Waals surface area contributed by atoms with Crippen LogP contribution in [0.15, 0.2) is 54.7 Å². The van der Waals surface area contributed by atoms with E-state index in [4.69, 9.17) is 11.6 Å². The van der Waals surface area contributed by atoms with Crippen molar-refractivity contribution < 1.29 is 9.90 Å². The van der Waals surface area contributed by atoms with Crippen molar-refractivity contribution in [3.63, 3.8) is 0 Å². The van der Waals surface area contributed by atoms with Crippen LogP contribution >= 0.6 is 11.6 Å². The topological polar surface area (TPSA) is 77.5 Å². The molecule has 6 nitrogen and oxygen atoms in total. The summed E-state index contributed by atoms with van der Waals surface area (Å²) in [5, 5.41) is 17.1. The van der Waals surface area contributed by atoms with Crippen LogP contribution in [0.4, 0.5) is 11.4 Å². The molecule has 0 bridgehead atoms. The molecule has 2 heterocycles. The first-order valence-electron chi connectivity index (χ1n) is 10.6. The second-order valence-corrected chi connectivity index (χ2v) is 7.89. The molecule has 31 heavy (non-hydrogen) atoms. The second kappa shape index (κ2) is 11.6. The lowest BCUT2D eigenvalue weighted by atomic mass is 10.0. The van der Waals surface area contributed by atoms with Crippen LogP contribution in [0.5, 0.6) is 0 Å². The molecule has 1 amide bonds. The van der Waals surface area contributed by atoms with Gasteiger partial charge in [-0.3, -0.25) is 9.78 Å². The summed E-state index contributed by atoms with van der Waals surface area (Å²) in [5.74, 6) is 0. The summed E-state index contributed by atoms with van der Waals surface area (Å²) in [4.78, 5) is 16.9. The lowest BCUT2D eigenvalue weighted by Crippen LogP contribution is -2.39. The molecule has 0 saturated carbocycles. The minimum Gasteiger partial charge on any atom is -0.392 e. The number of rotatable bonds is 6. The van der Waals surface area contributed by atoms with Crippen molar-refractivity contribution in [1.29, 1.82) is 0 Å². The van der Waals surface area contributed by atoms with E-state index in [0.717, 1.165) is 60.3 Å². The highest BCUT2D eigenvalue weighted by atomic mass is 35.5. The van der Waals surface area contributed by atoms with E-state index in [0.29, 0.717) is 17.5 Å². The molecule has 4 rings (SSSR count). The number of amides is 1. The summed E-state index contributed by atoms with van der Waals surface area (Å²) >= 11 is 5.93. The summed E-state index contributed by atoms with van der Waals surface area (Å²) in [7, 11) is 0. The summed E-state index contributed by atoms with van der Waals surface area (Å²) < 4.78 is 0. The predicted molar refractivity (Wildman–Crippen MR) is 128 cm³/mol. The number of carbonyl (C=O) groups is 1. The molecule has 1 fully saturated rings. The third kappa shape index (κ3) is 6.40. The Morgan fingerprint density at radius 1 is 1.16 bits per heavy atom. The van der Waals surface area contributed by atoms with Gasteiger partial charge in [-0.15, -0.1) is 0 Å². The van der Waals surface area contributed by atoms with Crippen molar-refractivity contribution in [1.82, 2.24) is 9.88 Å². The van der Waals surface area contributed by atoms with Gasteiger partial charge in [0.2, 0.25) is 6.41 Å². The molecular formula is C24H29ClN4O2. The van der Waals surface area contributed by atoms with Gasteiger partial charge in [-0.2, -0.15) is 0 Å². The largest absolute Gasteiger partial charge is 0.392 e. The van der Waals surface area contributed by atoms with E-state index in [1.54, 1.807) is 6.20 Å². The first kappa shape index (κ1) is 23.0. The number of hydrogen-bond acceptors (Lipinski definition) is 5. The monoisotopic (exact) mass is 440 g/mol. The van der Waals surface area contributed by atoms with E-state index in [1.807, 2.05) is 48.5 Å². The van der Waals surface area contributed by atoms with Gasteiger partial charge in [0.05, 0.1) is 12.1 Å². The molecule has 1 aliphatic heterocycles. The highest BCUT2D eigenvalue weighted by Gasteiger charge is 2.18. The Labute approximate surface area is 188 Å².